The van der Waals surface area contributed by atoms with E-state index in [1.807, 2.05) is 0 Å². The zero-order valence-corrected chi connectivity index (χ0v) is 11.0. The first-order chi connectivity index (χ1) is 7.31. The highest BCUT2D eigenvalue weighted by molar-refractivity contribution is 7.99. The lowest BCUT2D eigenvalue weighted by atomic mass is 10.1. The van der Waals surface area contributed by atoms with E-state index in [9.17, 15) is 0 Å². The van der Waals surface area contributed by atoms with Crippen LogP contribution in [0.3, 0.4) is 0 Å². The van der Waals surface area contributed by atoms with Crippen molar-refractivity contribution in [1.82, 2.24) is 0 Å². The van der Waals surface area contributed by atoms with Gasteiger partial charge in [0.1, 0.15) is 0 Å². The van der Waals surface area contributed by atoms with Gasteiger partial charge in [0.2, 0.25) is 0 Å². The van der Waals surface area contributed by atoms with Gasteiger partial charge >= 0.3 is 0 Å². The van der Waals surface area contributed by atoms with Gasteiger partial charge in [-0.2, -0.15) is 0 Å². The van der Waals surface area contributed by atoms with Crippen LogP contribution >= 0.6 is 11.8 Å². The Morgan fingerprint density at radius 2 is 1.47 bits per heavy atom. The summed E-state index contributed by atoms with van der Waals surface area (Å²) in [5, 5.41) is 0.148. The molecule has 0 aromatic carbocycles. The first-order valence-corrected chi connectivity index (χ1v) is 7.43. The van der Waals surface area contributed by atoms with E-state index in [0.717, 1.165) is 0 Å². The van der Waals surface area contributed by atoms with Gasteiger partial charge in [0.05, 0.1) is 5.37 Å². The van der Waals surface area contributed by atoms with Crippen molar-refractivity contribution in [2.75, 3.05) is 12.3 Å². The summed E-state index contributed by atoms with van der Waals surface area (Å²) in [6.45, 7) is 2.86. The molecule has 0 radical (unpaired) electrons. The molecule has 3 heteroatoms. The molecule has 0 bridgehead atoms. The second-order valence-corrected chi connectivity index (χ2v) is 5.47. The summed E-state index contributed by atoms with van der Waals surface area (Å²) in [6, 6.07) is 0. The Hall–Kier alpha value is 0.270. The quantitative estimate of drug-likeness (QED) is 0.425. The zero-order chi connectivity index (χ0) is 11.4. The molecule has 0 rings (SSSR count). The minimum Gasteiger partial charge on any atom is -0.328 e. The van der Waals surface area contributed by atoms with Gasteiger partial charge in [0.15, 0.2) is 0 Å². The Balaban J connectivity index is 2.92. The van der Waals surface area contributed by atoms with Gasteiger partial charge in [-0.05, 0) is 12.2 Å². The van der Waals surface area contributed by atoms with E-state index < -0.39 is 0 Å². The second kappa shape index (κ2) is 12.3. The third kappa shape index (κ3) is 12.2. The molecule has 0 saturated heterocycles. The standard InChI is InChI=1S/C12H28N2S/c1-2-3-4-5-6-7-8-9-10-15-12(14)11-13/h12H,2-11,13-14H2,1H3. The molecule has 0 heterocycles. The summed E-state index contributed by atoms with van der Waals surface area (Å²) < 4.78 is 0. The van der Waals surface area contributed by atoms with Gasteiger partial charge in [-0.25, -0.2) is 0 Å². The molecular formula is C12H28N2S. The van der Waals surface area contributed by atoms with E-state index in [4.69, 9.17) is 11.5 Å². The lowest BCUT2D eigenvalue weighted by Crippen LogP contribution is -2.26. The van der Waals surface area contributed by atoms with Crippen LogP contribution in [0.25, 0.3) is 0 Å². The maximum absolute atomic E-state index is 5.71. The molecule has 0 spiro atoms. The second-order valence-electron chi connectivity index (χ2n) is 4.12. The van der Waals surface area contributed by atoms with Crippen molar-refractivity contribution in [2.24, 2.45) is 11.5 Å². The molecular weight excluding hydrogens is 204 g/mol. The van der Waals surface area contributed by atoms with Crippen molar-refractivity contribution in [3.8, 4) is 0 Å². The smallest absolute Gasteiger partial charge is 0.0631 e. The van der Waals surface area contributed by atoms with Crippen molar-refractivity contribution >= 4 is 11.8 Å². The van der Waals surface area contributed by atoms with Gasteiger partial charge in [0.25, 0.3) is 0 Å². The maximum Gasteiger partial charge on any atom is 0.0631 e. The number of rotatable bonds is 11. The van der Waals surface area contributed by atoms with Gasteiger partial charge < -0.3 is 11.5 Å². The first-order valence-electron chi connectivity index (χ1n) is 6.38. The Morgan fingerprint density at radius 3 is 2.00 bits per heavy atom. The van der Waals surface area contributed by atoms with E-state index in [2.05, 4.69) is 6.92 Å². The van der Waals surface area contributed by atoms with Gasteiger partial charge in [-0.15, -0.1) is 11.8 Å². The van der Waals surface area contributed by atoms with Crippen molar-refractivity contribution in [3.05, 3.63) is 0 Å². The first kappa shape index (κ1) is 15.3. The number of hydrogen-bond donors (Lipinski definition) is 2. The van der Waals surface area contributed by atoms with E-state index in [1.165, 1.54) is 57.1 Å². The number of thioether (sulfide) groups is 1. The highest BCUT2D eigenvalue weighted by Gasteiger charge is 1.98. The number of unbranched alkanes of at least 4 members (excludes halogenated alkanes) is 7. The summed E-state index contributed by atoms with van der Waals surface area (Å²) in [6.07, 6.45) is 11.0. The minimum absolute atomic E-state index is 0.148. The Bertz CT molecular complexity index is 120. The minimum atomic E-state index is 0.148. The van der Waals surface area contributed by atoms with Crippen LogP contribution in [0.15, 0.2) is 0 Å². The fourth-order valence-corrected chi connectivity index (χ4v) is 2.35. The lowest BCUT2D eigenvalue weighted by molar-refractivity contribution is 0.586. The van der Waals surface area contributed by atoms with Crippen molar-refractivity contribution < 1.29 is 0 Å². The molecule has 0 aliphatic heterocycles. The summed E-state index contributed by atoms with van der Waals surface area (Å²) in [5.41, 5.74) is 11.1. The van der Waals surface area contributed by atoms with E-state index >= 15 is 0 Å². The maximum atomic E-state index is 5.71. The Morgan fingerprint density at radius 1 is 0.933 bits per heavy atom. The molecule has 0 aromatic heterocycles. The highest BCUT2D eigenvalue weighted by Crippen LogP contribution is 2.12. The van der Waals surface area contributed by atoms with Crippen LogP contribution in [-0.4, -0.2) is 17.7 Å². The molecule has 1 unspecified atom stereocenters. The molecule has 1 atom stereocenters. The van der Waals surface area contributed by atoms with Crippen LogP contribution in [0.4, 0.5) is 0 Å². The molecule has 92 valence electrons. The third-order valence-electron chi connectivity index (χ3n) is 2.56. The molecule has 2 nitrogen and oxygen atoms in total. The fourth-order valence-electron chi connectivity index (χ4n) is 1.54. The highest BCUT2D eigenvalue weighted by atomic mass is 32.2. The molecule has 15 heavy (non-hydrogen) atoms. The SMILES string of the molecule is CCCCCCCCCCSC(N)CN. The van der Waals surface area contributed by atoms with Crippen LogP contribution in [0.5, 0.6) is 0 Å². The van der Waals surface area contributed by atoms with Gasteiger partial charge in [-0.1, -0.05) is 51.9 Å². The summed E-state index contributed by atoms with van der Waals surface area (Å²) >= 11 is 1.80. The Kier molecular flexibility index (Phi) is 12.6. The summed E-state index contributed by atoms with van der Waals surface area (Å²) in [5.74, 6) is 1.17. The lowest BCUT2D eigenvalue weighted by Gasteiger charge is -2.07. The number of nitrogens with two attached hydrogens (primary N) is 2. The molecule has 0 fully saturated rings. The van der Waals surface area contributed by atoms with Crippen LogP contribution in [0, 0.1) is 0 Å². The van der Waals surface area contributed by atoms with Crippen LogP contribution in [-0.2, 0) is 0 Å². The van der Waals surface area contributed by atoms with Crippen molar-refractivity contribution in [1.29, 1.82) is 0 Å². The van der Waals surface area contributed by atoms with E-state index in [1.54, 1.807) is 11.8 Å². The van der Waals surface area contributed by atoms with Crippen LogP contribution in [0.2, 0.25) is 0 Å². The molecule has 0 amide bonds. The van der Waals surface area contributed by atoms with Crippen LogP contribution in [0.1, 0.15) is 58.3 Å². The topological polar surface area (TPSA) is 52.0 Å². The molecule has 0 saturated carbocycles. The predicted molar refractivity (Wildman–Crippen MR) is 72.1 cm³/mol. The zero-order valence-electron chi connectivity index (χ0n) is 10.2. The molecule has 0 aliphatic carbocycles. The monoisotopic (exact) mass is 232 g/mol. The van der Waals surface area contributed by atoms with Gasteiger partial charge in [0, 0.05) is 6.54 Å². The van der Waals surface area contributed by atoms with Crippen LogP contribution < -0.4 is 11.5 Å². The fraction of sp³-hybridized carbons (Fsp3) is 1.00. The molecule has 0 aromatic rings. The summed E-state index contributed by atoms with van der Waals surface area (Å²) in [7, 11) is 0. The average Bonchev–Trinajstić information content (AvgIpc) is 2.26. The number of hydrogen-bond acceptors (Lipinski definition) is 3. The average molecular weight is 232 g/mol. The Labute approximate surface area is 99.6 Å². The predicted octanol–water partition coefficient (Wildman–Crippen LogP) is 3.10. The normalized spacial score (nSPS) is 13.0. The molecule has 4 N–H and O–H groups in total. The summed E-state index contributed by atoms with van der Waals surface area (Å²) in [4.78, 5) is 0. The van der Waals surface area contributed by atoms with Gasteiger partial charge in [-0.3, -0.25) is 0 Å². The van der Waals surface area contributed by atoms with Crippen molar-refractivity contribution in [3.63, 3.8) is 0 Å². The van der Waals surface area contributed by atoms with E-state index in [0.29, 0.717) is 6.54 Å². The largest absolute Gasteiger partial charge is 0.328 e. The van der Waals surface area contributed by atoms with Crippen molar-refractivity contribution in [2.45, 2.75) is 63.7 Å². The van der Waals surface area contributed by atoms with E-state index in [-0.39, 0.29) is 5.37 Å². The molecule has 0 aliphatic rings. The third-order valence-corrected chi connectivity index (χ3v) is 3.71.